The highest BCUT2D eigenvalue weighted by atomic mass is 19.1. The second kappa shape index (κ2) is 6.43. The summed E-state index contributed by atoms with van der Waals surface area (Å²) in [6.45, 7) is 0.776. The van der Waals surface area contributed by atoms with Crippen LogP contribution >= 0.6 is 0 Å². The van der Waals surface area contributed by atoms with Crippen molar-refractivity contribution in [3.05, 3.63) is 64.7 Å². The van der Waals surface area contributed by atoms with E-state index in [2.05, 4.69) is 11.4 Å². The Morgan fingerprint density at radius 3 is 2.64 bits per heavy atom. The second-order valence-electron chi connectivity index (χ2n) is 6.14. The van der Waals surface area contributed by atoms with Crippen molar-refractivity contribution in [2.24, 2.45) is 0 Å². The fraction of sp³-hybridized carbons (Fsp3) is 0.316. The van der Waals surface area contributed by atoms with Gasteiger partial charge in [0.2, 0.25) is 0 Å². The molecule has 2 aliphatic heterocycles. The highest BCUT2D eigenvalue weighted by molar-refractivity contribution is 5.59. The molecule has 3 unspecified atom stereocenters. The summed E-state index contributed by atoms with van der Waals surface area (Å²) in [6, 6.07) is 10.8. The van der Waals surface area contributed by atoms with Gasteiger partial charge in [0.1, 0.15) is 23.8 Å². The number of ether oxygens (including phenoxy) is 2. The lowest BCUT2D eigenvalue weighted by atomic mass is 9.86. The average molecular weight is 342 g/mol. The lowest BCUT2D eigenvalue weighted by Gasteiger charge is -2.43. The monoisotopic (exact) mass is 342 g/mol. The number of hydrogen-bond donors (Lipinski definition) is 1. The molecule has 2 heterocycles. The molecule has 2 aromatic rings. The second-order valence-corrected chi connectivity index (χ2v) is 6.14. The van der Waals surface area contributed by atoms with Gasteiger partial charge in [0.25, 0.3) is 0 Å². The largest absolute Gasteiger partial charge is 0.375 e. The van der Waals surface area contributed by atoms with Gasteiger partial charge in [-0.1, -0.05) is 12.1 Å². The Bertz CT molecular complexity index is 830. The van der Waals surface area contributed by atoms with Gasteiger partial charge in [0.15, 0.2) is 0 Å². The van der Waals surface area contributed by atoms with Crippen LogP contribution in [-0.4, -0.2) is 19.3 Å². The van der Waals surface area contributed by atoms with Gasteiger partial charge in [0, 0.05) is 16.8 Å². The van der Waals surface area contributed by atoms with E-state index in [1.807, 2.05) is 18.2 Å². The molecule has 25 heavy (non-hydrogen) atoms. The first-order valence-electron chi connectivity index (χ1n) is 8.12. The van der Waals surface area contributed by atoms with Crippen LogP contribution < -0.4 is 5.32 Å². The van der Waals surface area contributed by atoms with Crippen LogP contribution in [0.25, 0.3) is 0 Å². The molecule has 0 saturated carbocycles. The summed E-state index contributed by atoms with van der Waals surface area (Å²) in [5.41, 5.74) is 2.41. The van der Waals surface area contributed by atoms with E-state index in [4.69, 9.17) is 14.7 Å². The number of nitriles is 1. The van der Waals surface area contributed by atoms with Crippen LogP contribution in [-0.2, 0) is 15.9 Å². The predicted octanol–water partition coefficient (Wildman–Crippen LogP) is 3.65. The Morgan fingerprint density at radius 1 is 1.12 bits per heavy atom. The zero-order chi connectivity index (χ0) is 17.4. The maximum Gasteiger partial charge on any atom is 0.131 e. The number of nitrogens with zero attached hydrogens (tertiary/aromatic N) is 1. The molecule has 4 rings (SSSR count). The van der Waals surface area contributed by atoms with Gasteiger partial charge in [-0.15, -0.1) is 0 Å². The van der Waals surface area contributed by atoms with Gasteiger partial charge in [-0.3, -0.25) is 0 Å². The van der Waals surface area contributed by atoms with Gasteiger partial charge in [-0.2, -0.15) is 5.26 Å². The summed E-state index contributed by atoms with van der Waals surface area (Å²) in [5, 5.41) is 12.1. The van der Waals surface area contributed by atoms with Crippen LogP contribution in [0.1, 0.15) is 28.8 Å². The molecule has 0 aromatic heterocycles. The Kier molecular flexibility index (Phi) is 4.12. The highest BCUT2D eigenvalue weighted by Crippen LogP contribution is 2.45. The number of nitrogens with one attached hydrogen (secondary N) is 1. The van der Waals surface area contributed by atoms with E-state index >= 15 is 0 Å². The van der Waals surface area contributed by atoms with Gasteiger partial charge in [0.05, 0.1) is 31.7 Å². The highest BCUT2D eigenvalue weighted by Gasteiger charge is 2.43. The van der Waals surface area contributed by atoms with E-state index in [0.717, 1.165) is 16.8 Å². The number of hydrogen-bond acceptors (Lipinski definition) is 4. The summed E-state index contributed by atoms with van der Waals surface area (Å²) >= 11 is 0. The van der Waals surface area contributed by atoms with E-state index in [1.54, 1.807) is 0 Å². The Hall–Kier alpha value is -2.49. The minimum absolute atomic E-state index is 0.0465. The molecule has 128 valence electrons. The van der Waals surface area contributed by atoms with Gasteiger partial charge < -0.3 is 14.8 Å². The Labute approximate surface area is 144 Å². The van der Waals surface area contributed by atoms with Crippen LogP contribution in [0, 0.1) is 23.0 Å². The third-order valence-corrected chi connectivity index (χ3v) is 4.65. The van der Waals surface area contributed by atoms with Crippen LogP contribution in [0.4, 0.5) is 14.5 Å². The number of halogens is 2. The molecule has 3 atom stereocenters. The predicted molar refractivity (Wildman–Crippen MR) is 86.9 cm³/mol. The molecular formula is C19H16F2N2O2. The van der Waals surface area contributed by atoms with E-state index in [9.17, 15) is 8.78 Å². The van der Waals surface area contributed by atoms with Crippen molar-refractivity contribution in [2.75, 3.05) is 18.5 Å². The first-order valence-corrected chi connectivity index (χ1v) is 8.12. The van der Waals surface area contributed by atoms with E-state index in [0.29, 0.717) is 13.2 Å². The third-order valence-electron chi connectivity index (χ3n) is 4.65. The third kappa shape index (κ3) is 2.76. The fourth-order valence-electron chi connectivity index (χ4n) is 3.55. The molecular weight excluding hydrogens is 326 g/mol. The maximum absolute atomic E-state index is 14.3. The zero-order valence-corrected chi connectivity index (χ0v) is 13.3. The van der Waals surface area contributed by atoms with Gasteiger partial charge >= 0.3 is 0 Å². The van der Waals surface area contributed by atoms with Crippen LogP contribution in [0.3, 0.4) is 0 Å². The van der Waals surface area contributed by atoms with Crippen LogP contribution in [0.5, 0.6) is 0 Å². The zero-order valence-electron chi connectivity index (χ0n) is 13.3. The molecule has 2 aliphatic rings. The van der Waals surface area contributed by atoms with Crippen LogP contribution in [0.2, 0.25) is 0 Å². The normalized spacial score (nSPS) is 24.6. The maximum atomic E-state index is 14.3. The smallest absolute Gasteiger partial charge is 0.131 e. The molecule has 1 fully saturated rings. The molecule has 2 aromatic carbocycles. The summed E-state index contributed by atoms with van der Waals surface area (Å²) in [5.74, 6) is -1.23. The molecule has 0 radical (unpaired) electrons. The van der Waals surface area contributed by atoms with Crippen molar-refractivity contribution < 1.29 is 18.3 Å². The average Bonchev–Trinajstić information content (AvgIpc) is 2.62. The van der Waals surface area contributed by atoms with Crippen molar-refractivity contribution in [1.29, 1.82) is 5.26 Å². The number of anilines is 1. The molecule has 1 saturated heterocycles. The Balaban J connectivity index is 1.80. The number of fused-ring (bicyclic) bond motifs is 3. The minimum atomic E-state index is -0.694. The summed E-state index contributed by atoms with van der Waals surface area (Å²) in [7, 11) is 0. The lowest BCUT2D eigenvalue weighted by Crippen LogP contribution is -2.43. The molecule has 0 bridgehead atoms. The summed E-state index contributed by atoms with van der Waals surface area (Å²) in [4.78, 5) is 0. The first kappa shape index (κ1) is 16.0. The van der Waals surface area contributed by atoms with Crippen molar-refractivity contribution in [3.8, 4) is 6.07 Å². The SMILES string of the molecule is N#CCc1ccc2c(c1)C1OCCOC1C(c1c(F)cccc1F)N2. The van der Waals surface area contributed by atoms with Crippen molar-refractivity contribution in [2.45, 2.75) is 24.7 Å². The first-order chi connectivity index (χ1) is 12.2. The molecule has 0 aliphatic carbocycles. The van der Waals surface area contributed by atoms with E-state index in [1.165, 1.54) is 18.2 Å². The summed E-state index contributed by atoms with van der Waals surface area (Å²) < 4.78 is 40.4. The van der Waals surface area contributed by atoms with E-state index < -0.39 is 29.9 Å². The molecule has 1 N–H and O–H groups in total. The number of benzene rings is 2. The standard InChI is InChI=1S/C19H16F2N2O2/c20-13-2-1-3-14(21)16(13)17-19-18(24-8-9-25-19)12-10-11(6-7-22)4-5-15(12)23-17/h1-5,10,17-19,23H,6,8-9H2. The molecule has 4 nitrogen and oxygen atoms in total. The van der Waals surface area contributed by atoms with Gasteiger partial charge in [-0.05, 0) is 29.8 Å². The van der Waals surface area contributed by atoms with E-state index in [-0.39, 0.29) is 12.0 Å². The fourth-order valence-corrected chi connectivity index (χ4v) is 3.55. The number of rotatable bonds is 2. The molecule has 6 heteroatoms. The van der Waals surface area contributed by atoms with Crippen molar-refractivity contribution in [3.63, 3.8) is 0 Å². The lowest BCUT2D eigenvalue weighted by molar-refractivity contribution is -0.151. The quantitative estimate of drug-likeness (QED) is 0.905. The molecule has 0 amide bonds. The van der Waals surface area contributed by atoms with Gasteiger partial charge in [-0.25, -0.2) is 8.78 Å². The summed E-state index contributed by atoms with van der Waals surface area (Å²) in [6.07, 6.45) is -0.700. The topological polar surface area (TPSA) is 54.3 Å². The van der Waals surface area contributed by atoms with Crippen molar-refractivity contribution >= 4 is 5.69 Å². The molecule has 0 spiro atoms. The van der Waals surface area contributed by atoms with Crippen LogP contribution in [0.15, 0.2) is 36.4 Å². The van der Waals surface area contributed by atoms with Crippen molar-refractivity contribution in [1.82, 2.24) is 0 Å². The Morgan fingerprint density at radius 2 is 1.88 bits per heavy atom. The minimum Gasteiger partial charge on any atom is -0.375 e.